The molecule has 1 saturated carbocycles. The molecular weight excluding hydrogens is 739 g/mol. The summed E-state index contributed by atoms with van der Waals surface area (Å²) in [5.74, 6) is -1.05. The van der Waals surface area contributed by atoms with Crippen LogP contribution in [0.4, 0.5) is 9.59 Å². The molecule has 330 valence electrons. The van der Waals surface area contributed by atoms with Crippen LogP contribution in [-0.2, 0) is 35.0 Å². The molecule has 1 aliphatic rings. The highest BCUT2D eigenvalue weighted by Crippen LogP contribution is 2.26. The van der Waals surface area contributed by atoms with Crippen molar-refractivity contribution in [2.24, 2.45) is 5.92 Å². The van der Waals surface area contributed by atoms with Gasteiger partial charge in [0, 0.05) is 19.6 Å². The molecule has 0 saturated heterocycles. The molecule has 5 amide bonds. The number of carbonyl (C=O) groups is 5. The second-order valence-corrected chi connectivity index (χ2v) is 18.8. The van der Waals surface area contributed by atoms with E-state index in [9.17, 15) is 24.0 Å². The number of amides is 5. The second kappa shape index (κ2) is 24.9. The zero-order valence-corrected chi connectivity index (χ0v) is 37.4. The van der Waals surface area contributed by atoms with Crippen molar-refractivity contribution in [2.45, 2.75) is 188 Å². The van der Waals surface area contributed by atoms with Crippen molar-refractivity contribution in [1.82, 2.24) is 26.6 Å². The number of carbonyl (C=O) groups excluding carboxylic acids is 5. The van der Waals surface area contributed by atoms with Crippen LogP contribution in [0.25, 0.3) is 0 Å². The number of hydrogen-bond donors (Lipinski definition) is 5. The quantitative estimate of drug-likeness (QED) is 0.0745. The van der Waals surface area contributed by atoms with E-state index in [0.29, 0.717) is 44.8 Å². The maximum atomic E-state index is 13.9. The molecule has 0 bridgehead atoms. The average molecular weight is 816 g/mol. The number of ether oxygens (including phenoxy) is 3. The van der Waals surface area contributed by atoms with E-state index in [-0.39, 0.29) is 18.4 Å². The minimum Gasteiger partial charge on any atom is -0.444 e. The number of hydrogen-bond acceptors (Lipinski definition) is 8. The lowest BCUT2D eigenvalue weighted by atomic mass is 9.87. The third-order valence-electron chi connectivity index (χ3n) is 9.80. The summed E-state index contributed by atoms with van der Waals surface area (Å²) in [5, 5.41) is 14.4. The molecule has 1 aromatic rings. The lowest BCUT2D eigenvalue weighted by Crippen LogP contribution is -2.56. The first-order valence-electron chi connectivity index (χ1n) is 21.7. The van der Waals surface area contributed by atoms with Crippen molar-refractivity contribution in [3.05, 3.63) is 35.4 Å². The van der Waals surface area contributed by atoms with E-state index in [1.807, 2.05) is 65.8 Å². The number of unbranched alkanes of at least 4 members (excludes halogenated alkanes) is 3. The van der Waals surface area contributed by atoms with Gasteiger partial charge < -0.3 is 40.8 Å². The van der Waals surface area contributed by atoms with E-state index in [1.54, 1.807) is 27.7 Å². The molecule has 58 heavy (non-hydrogen) atoms. The van der Waals surface area contributed by atoms with Crippen LogP contribution in [0, 0.1) is 5.92 Å². The van der Waals surface area contributed by atoms with Gasteiger partial charge in [-0.05, 0) is 131 Å². The molecule has 13 nitrogen and oxygen atoms in total. The van der Waals surface area contributed by atoms with Gasteiger partial charge in [-0.3, -0.25) is 14.4 Å². The zero-order chi connectivity index (χ0) is 43.4. The summed E-state index contributed by atoms with van der Waals surface area (Å²) < 4.78 is 16.6. The number of benzene rings is 1. The smallest absolute Gasteiger partial charge is 0.407 e. The van der Waals surface area contributed by atoms with Crippen LogP contribution < -0.4 is 26.6 Å². The van der Waals surface area contributed by atoms with E-state index in [4.69, 9.17) is 14.2 Å². The number of rotatable bonds is 22. The van der Waals surface area contributed by atoms with Gasteiger partial charge in [-0.25, -0.2) is 9.59 Å². The Labute approximate surface area is 349 Å². The Kier molecular flexibility index (Phi) is 21.6. The van der Waals surface area contributed by atoms with Gasteiger partial charge in [-0.15, -0.1) is 0 Å². The summed E-state index contributed by atoms with van der Waals surface area (Å²) in [6.45, 7) is 19.7. The lowest BCUT2D eigenvalue weighted by molar-refractivity contribution is -0.135. The summed E-state index contributed by atoms with van der Waals surface area (Å²) in [6, 6.07) is 6.05. The zero-order valence-electron chi connectivity index (χ0n) is 37.4. The summed E-state index contributed by atoms with van der Waals surface area (Å²) >= 11 is 0. The van der Waals surface area contributed by atoms with Crippen molar-refractivity contribution in [3.8, 4) is 0 Å². The molecule has 1 unspecified atom stereocenters. The van der Waals surface area contributed by atoms with Crippen molar-refractivity contribution in [2.75, 3.05) is 26.2 Å². The third kappa shape index (κ3) is 22.9. The topological polar surface area (TPSA) is 173 Å². The van der Waals surface area contributed by atoms with Gasteiger partial charge in [0.25, 0.3) is 0 Å². The molecular formula is C45H77N5O8. The maximum absolute atomic E-state index is 13.9. The molecule has 5 N–H and O–H groups in total. The number of alkyl carbamates (subject to hydrolysis) is 2. The van der Waals surface area contributed by atoms with Crippen LogP contribution in [-0.4, -0.2) is 85.0 Å². The highest BCUT2D eigenvalue weighted by molar-refractivity contribution is 5.93. The van der Waals surface area contributed by atoms with Crippen molar-refractivity contribution in [1.29, 1.82) is 0 Å². The van der Waals surface area contributed by atoms with E-state index in [1.165, 1.54) is 32.1 Å². The van der Waals surface area contributed by atoms with Crippen molar-refractivity contribution >= 4 is 29.9 Å². The lowest BCUT2D eigenvalue weighted by Gasteiger charge is -2.27. The van der Waals surface area contributed by atoms with Gasteiger partial charge in [-0.2, -0.15) is 0 Å². The molecule has 1 fully saturated rings. The molecule has 1 aromatic carbocycles. The molecule has 3 atom stereocenters. The minimum absolute atomic E-state index is 0.0736. The molecule has 2 rings (SSSR count). The summed E-state index contributed by atoms with van der Waals surface area (Å²) in [7, 11) is 0. The second-order valence-electron chi connectivity index (χ2n) is 18.8. The molecule has 13 heteroatoms. The highest BCUT2D eigenvalue weighted by atomic mass is 16.6. The molecule has 0 heterocycles. The molecule has 1 aliphatic carbocycles. The molecule has 0 aliphatic heterocycles. The first-order valence-corrected chi connectivity index (χ1v) is 21.7. The van der Waals surface area contributed by atoms with E-state index < -0.39 is 52.9 Å². The van der Waals surface area contributed by atoms with Crippen LogP contribution in [0.3, 0.4) is 0 Å². The Balaban J connectivity index is 2.02. The van der Waals surface area contributed by atoms with E-state index >= 15 is 0 Å². The normalized spacial score (nSPS) is 15.3. The van der Waals surface area contributed by atoms with Gasteiger partial charge in [0.1, 0.15) is 23.3 Å². The Bertz CT molecular complexity index is 1410. The van der Waals surface area contributed by atoms with Crippen molar-refractivity contribution in [3.63, 3.8) is 0 Å². The van der Waals surface area contributed by atoms with Crippen molar-refractivity contribution < 1.29 is 38.2 Å². The van der Waals surface area contributed by atoms with Crippen LogP contribution in [0.1, 0.15) is 163 Å². The van der Waals surface area contributed by atoms with E-state index in [0.717, 1.165) is 43.2 Å². The predicted molar refractivity (Wildman–Crippen MR) is 229 cm³/mol. The van der Waals surface area contributed by atoms with Crippen LogP contribution in [0.2, 0.25) is 0 Å². The number of aryl methyl sites for hydroxylation is 1. The summed E-state index contributed by atoms with van der Waals surface area (Å²) in [5.41, 5.74) is 0.265. The molecule has 0 radical (unpaired) electrons. The summed E-state index contributed by atoms with van der Waals surface area (Å²) in [4.78, 5) is 65.1. The molecule has 0 aromatic heterocycles. The monoisotopic (exact) mass is 816 g/mol. The fraction of sp³-hybridized carbons (Fsp3) is 0.756. The Morgan fingerprint density at radius 2 is 1.17 bits per heavy atom. The number of nitrogens with one attached hydrogen (secondary N) is 5. The fourth-order valence-electron chi connectivity index (χ4n) is 6.59. The Hall–Kier alpha value is -3.87. The van der Waals surface area contributed by atoms with Gasteiger partial charge in [0.05, 0.1) is 18.1 Å². The van der Waals surface area contributed by atoms with Crippen LogP contribution in [0.5, 0.6) is 0 Å². The minimum atomic E-state index is -1.04. The highest BCUT2D eigenvalue weighted by Gasteiger charge is 2.30. The average Bonchev–Trinajstić information content (AvgIpc) is 3.12. The fourth-order valence-corrected chi connectivity index (χ4v) is 6.59. The van der Waals surface area contributed by atoms with E-state index in [2.05, 4.69) is 26.6 Å². The summed E-state index contributed by atoms with van der Waals surface area (Å²) in [6.07, 6.45) is 11.2. The Morgan fingerprint density at radius 1 is 0.621 bits per heavy atom. The SMILES string of the molecule is CC(C(=O)N[C@@H](COC(C)(C)C)C(=O)N[C@@H](CCCCNC(=O)OC(C)(C)C)C(=O)NCCC1CCCCC1)c1ccc(CCCCCNC(=O)OC(C)(C)C)cc1. The Morgan fingerprint density at radius 3 is 1.72 bits per heavy atom. The standard InChI is InChI=1S/C45H77N5O8/c1-32(35-25-23-34(24-26-35)21-15-12-17-28-47-41(54)57-44(5,6)7)38(51)50-37(31-56-43(2,3)4)40(53)49-36(22-16-18-29-48-42(55)58-45(8,9)10)39(52)46-30-27-33-19-13-11-14-20-33/h23-26,32-33,36-37H,11-22,27-31H2,1-10H3,(H,46,52)(H,47,54)(H,48,55)(H,49,53)(H,50,51)/t32?,36-,37-/m0/s1. The molecule has 0 spiro atoms. The first kappa shape index (κ1) is 50.3. The maximum Gasteiger partial charge on any atom is 0.407 e. The van der Waals surface area contributed by atoms with Gasteiger partial charge in [0.2, 0.25) is 17.7 Å². The largest absolute Gasteiger partial charge is 0.444 e. The van der Waals surface area contributed by atoms with Gasteiger partial charge >= 0.3 is 12.2 Å². The first-order chi connectivity index (χ1) is 27.1. The van der Waals surface area contributed by atoms with Crippen LogP contribution in [0.15, 0.2) is 24.3 Å². The van der Waals surface area contributed by atoms with Crippen LogP contribution >= 0.6 is 0 Å². The third-order valence-corrected chi connectivity index (χ3v) is 9.80. The van der Waals surface area contributed by atoms with Gasteiger partial charge in [0.15, 0.2) is 0 Å². The van der Waals surface area contributed by atoms with Gasteiger partial charge in [-0.1, -0.05) is 62.8 Å². The predicted octanol–water partition coefficient (Wildman–Crippen LogP) is 7.59.